The number of halogens is 3. The van der Waals surface area contributed by atoms with Crippen LogP contribution in [0.5, 0.6) is 5.75 Å². The molecule has 0 unspecified atom stereocenters. The molecule has 1 aromatic carbocycles. The Morgan fingerprint density at radius 2 is 1.94 bits per heavy atom. The molecule has 0 aliphatic carbocycles. The van der Waals surface area contributed by atoms with Crippen molar-refractivity contribution in [3.63, 3.8) is 0 Å². The normalized spacial score (nSPS) is 9.38. The summed E-state index contributed by atoms with van der Waals surface area (Å²) >= 11 is 4.25. The van der Waals surface area contributed by atoms with E-state index < -0.39 is 11.6 Å². The average Bonchev–Trinajstić information content (AvgIpc) is 2.28. The molecule has 0 saturated carbocycles. The second-order valence-corrected chi connectivity index (χ2v) is 2.71. The Kier molecular flexibility index (Phi) is 8.80. The molecule has 0 bridgehead atoms. The molecule has 0 aromatic heterocycles. The molecule has 0 radical (unpaired) electrons. The number of hydrogen-bond acceptors (Lipinski definition) is 2. The Labute approximate surface area is 110 Å². The Morgan fingerprint density at radius 1 is 1.31 bits per heavy atom. The van der Waals surface area contributed by atoms with Gasteiger partial charge in [-0.1, -0.05) is 0 Å². The van der Waals surface area contributed by atoms with Gasteiger partial charge in [0.25, 0.3) is 0 Å². The molecule has 86 valence electrons. The van der Waals surface area contributed by atoms with Crippen molar-refractivity contribution in [1.29, 1.82) is 0 Å². The predicted octanol–water partition coefficient (Wildman–Crippen LogP) is 3.02. The van der Waals surface area contributed by atoms with Crippen LogP contribution >= 0.6 is 13.6 Å². The SMILES string of the molecule is [CH2-]c1c(F)cc(F)cc1OCCOC.[Zn+][Br]. The van der Waals surface area contributed by atoms with E-state index in [1.165, 1.54) is 23.5 Å². The van der Waals surface area contributed by atoms with Crippen LogP contribution in [0.1, 0.15) is 5.56 Å². The van der Waals surface area contributed by atoms with Crippen LogP contribution in [0, 0.1) is 18.6 Å². The molecule has 2 nitrogen and oxygen atoms in total. The molecule has 0 N–H and O–H groups in total. The van der Waals surface area contributed by atoms with Gasteiger partial charge in [-0.3, -0.25) is 4.39 Å². The second-order valence-electron chi connectivity index (χ2n) is 2.71. The van der Waals surface area contributed by atoms with Gasteiger partial charge in [-0.25, -0.2) is 4.39 Å². The zero-order chi connectivity index (χ0) is 12.6. The topological polar surface area (TPSA) is 18.5 Å². The molecule has 1 rings (SSSR count). The molecule has 16 heavy (non-hydrogen) atoms. The van der Waals surface area contributed by atoms with Crippen molar-refractivity contribution in [1.82, 2.24) is 0 Å². The molecule has 6 heteroatoms. The summed E-state index contributed by atoms with van der Waals surface area (Å²) in [6, 6.07) is 1.87. The van der Waals surface area contributed by atoms with Crippen molar-refractivity contribution in [2.75, 3.05) is 20.3 Å². The third-order valence-corrected chi connectivity index (χ3v) is 1.66. The van der Waals surface area contributed by atoms with Crippen molar-refractivity contribution in [3.05, 3.63) is 36.3 Å². The first kappa shape index (κ1) is 15.8. The second kappa shape index (κ2) is 8.91. The summed E-state index contributed by atoms with van der Waals surface area (Å²) in [5.41, 5.74) is 0.0579. The molecule has 0 heterocycles. The first-order valence-corrected chi connectivity index (χ1v) is 11.3. The summed E-state index contributed by atoms with van der Waals surface area (Å²) in [5.74, 6) is -1.28. The summed E-state index contributed by atoms with van der Waals surface area (Å²) < 4.78 is 35.5. The predicted molar refractivity (Wildman–Crippen MR) is 57.1 cm³/mol. The van der Waals surface area contributed by atoms with Crippen LogP contribution in [0.3, 0.4) is 0 Å². The minimum atomic E-state index is -0.711. The van der Waals surface area contributed by atoms with Crippen molar-refractivity contribution in [2.24, 2.45) is 0 Å². The van der Waals surface area contributed by atoms with Crippen LogP contribution in [-0.4, -0.2) is 20.3 Å². The Hall–Kier alpha value is -0.187. The van der Waals surface area contributed by atoms with Gasteiger partial charge >= 0.3 is 30.0 Å². The minimum absolute atomic E-state index is 0.0579. The number of rotatable bonds is 4. The fourth-order valence-corrected chi connectivity index (χ4v) is 0.944. The van der Waals surface area contributed by atoms with Crippen LogP contribution in [0.25, 0.3) is 0 Å². The number of hydrogen-bond donors (Lipinski definition) is 0. The maximum atomic E-state index is 12.9. The van der Waals surface area contributed by atoms with Crippen molar-refractivity contribution < 1.29 is 34.6 Å². The summed E-state index contributed by atoms with van der Waals surface area (Å²) in [5, 5.41) is 0. The van der Waals surface area contributed by atoms with E-state index in [0.717, 1.165) is 12.1 Å². The molecule has 0 saturated heterocycles. The molecular formula is C10H11BrF2O2Zn. The van der Waals surface area contributed by atoms with E-state index in [1.54, 1.807) is 0 Å². The number of benzene rings is 1. The molecule has 0 fully saturated rings. The van der Waals surface area contributed by atoms with Gasteiger partial charge in [0.05, 0.1) is 13.2 Å². The van der Waals surface area contributed by atoms with Gasteiger partial charge in [0.2, 0.25) is 0 Å². The third kappa shape index (κ3) is 5.24. The Balaban J connectivity index is 0.00000106. The monoisotopic (exact) mass is 344 g/mol. The molecule has 0 spiro atoms. The van der Waals surface area contributed by atoms with E-state index in [2.05, 4.69) is 20.5 Å². The van der Waals surface area contributed by atoms with E-state index in [1.807, 2.05) is 0 Å². The molecule has 0 amide bonds. The van der Waals surface area contributed by atoms with Crippen molar-refractivity contribution in [2.45, 2.75) is 0 Å². The Bertz CT molecular complexity index is 324. The van der Waals surface area contributed by atoms with Gasteiger partial charge in [0, 0.05) is 18.7 Å². The molecule has 0 atom stereocenters. The molecule has 0 aliphatic rings. The van der Waals surface area contributed by atoms with Crippen LogP contribution in [-0.2, 0) is 21.1 Å². The first-order valence-electron chi connectivity index (χ1n) is 4.34. The quantitative estimate of drug-likeness (QED) is 0.474. The fourth-order valence-electron chi connectivity index (χ4n) is 0.944. The van der Waals surface area contributed by atoms with E-state index in [-0.39, 0.29) is 17.9 Å². The molecule has 1 aromatic rings. The summed E-state index contributed by atoms with van der Waals surface area (Å²) in [6.07, 6.45) is 0. The van der Waals surface area contributed by atoms with Crippen LogP contribution < -0.4 is 4.74 Å². The maximum absolute atomic E-state index is 12.9. The summed E-state index contributed by atoms with van der Waals surface area (Å²) in [4.78, 5) is 0. The van der Waals surface area contributed by atoms with E-state index in [9.17, 15) is 8.78 Å². The standard InChI is InChI=1S/C10H11F2O2.BrH.Zn/c1-7-9(12)5-8(11)6-10(7)14-4-3-13-2;;/h5-6H,1,3-4H2,2H3;1H;/q-1;;+2/p-1. The van der Waals surface area contributed by atoms with E-state index >= 15 is 0 Å². The van der Waals surface area contributed by atoms with E-state index in [4.69, 9.17) is 9.47 Å². The van der Waals surface area contributed by atoms with Crippen LogP contribution in [0.4, 0.5) is 8.78 Å². The van der Waals surface area contributed by atoms with E-state index in [0.29, 0.717) is 6.61 Å². The zero-order valence-electron chi connectivity index (χ0n) is 8.93. The number of methoxy groups -OCH3 is 1. The van der Waals surface area contributed by atoms with Gasteiger partial charge in [-0.15, -0.1) is 5.56 Å². The van der Waals surface area contributed by atoms with Crippen LogP contribution in [0.2, 0.25) is 0 Å². The first-order chi connectivity index (χ1) is 7.65. The fraction of sp³-hybridized carbons (Fsp3) is 0.300. The zero-order valence-corrected chi connectivity index (χ0v) is 13.5. The number of ether oxygens (including phenoxy) is 2. The summed E-state index contributed by atoms with van der Waals surface area (Å²) in [7, 11) is 1.51. The van der Waals surface area contributed by atoms with Gasteiger partial charge in [0.1, 0.15) is 5.82 Å². The van der Waals surface area contributed by atoms with Crippen LogP contribution in [0.15, 0.2) is 12.1 Å². The van der Waals surface area contributed by atoms with Crippen molar-refractivity contribution >= 4 is 13.6 Å². The van der Waals surface area contributed by atoms with Gasteiger partial charge < -0.3 is 9.47 Å². The van der Waals surface area contributed by atoms with Crippen molar-refractivity contribution in [3.8, 4) is 5.75 Å². The Morgan fingerprint density at radius 3 is 2.50 bits per heavy atom. The van der Waals surface area contributed by atoms with Gasteiger partial charge in [-0.05, 0) is 12.1 Å². The molecule has 0 aliphatic heterocycles. The average molecular weight is 346 g/mol. The summed E-state index contributed by atoms with van der Waals surface area (Å²) in [6.45, 7) is 4.03. The van der Waals surface area contributed by atoms with Gasteiger partial charge in [-0.2, -0.15) is 6.92 Å². The molecular weight excluding hydrogens is 335 g/mol. The third-order valence-electron chi connectivity index (χ3n) is 1.66. The van der Waals surface area contributed by atoms with Gasteiger partial charge in [0.15, 0.2) is 0 Å².